The van der Waals surface area contributed by atoms with Gasteiger partial charge in [0, 0.05) is 32.0 Å². The predicted molar refractivity (Wildman–Crippen MR) is 80.2 cm³/mol. The molecular weight excluding hydrogens is 270 g/mol. The van der Waals surface area contributed by atoms with Gasteiger partial charge in [0.1, 0.15) is 11.4 Å². The van der Waals surface area contributed by atoms with E-state index in [-0.39, 0.29) is 18.0 Å². The highest BCUT2D eigenvalue weighted by Crippen LogP contribution is 2.26. The van der Waals surface area contributed by atoms with Crippen LogP contribution in [0.15, 0.2) is 35.5 Å². The standard InChI is InChI=1S/C15H23N3O3/c1-11-15(19,7-8-21-11)10-17-13(9-14(16)18-20)12-5-3-2-4-6-12/h2-6,11,13,17,19-20H,7-10H2,1H3,(H2,16,18). The summed E-state index contributed by atoms with van der Waals surface area (Å²) < 4.78 is 5.43. The van der Waals surface area contributed by atoms with Gasteiger partial charge < -0.3 is 26.1 Å². The molecule has 0 radical (unpaired) electrons. The normalized spacial score (nSPS) is 27.7. The van der Waals surface area contributed by atoms with E-state index in [1.54, 1.807) is 0 Å². The summed E-state index contributed by atoms with van der Waals surface area (Å²) in [7, 11) is 0. The molecule has 21 heavy (non-hydrogen) atoms. The number of nitrogens with two attached hydrogens (primary N) is 1. The average Bonchev–Trinajstić information content (AvgIpc) is 2.84. The molecule has 116 valence electrons. The van der Waals surface area contributed by atoms with Crippen molar-refractivity contribution in [3.8, 4) is 0 Å². The molecule has 5 N–H and O–H groups in total. The highest BCUT2D eigenvalue weighted by Gasteiger charge is 2.39. The zero-order valence-electron chi connectivity index (χ0n) is 12.2. The molecule has 6 nitrogen and oxygen atoms in total. The van der Waals surface area contributed by atoms with Gasteiger partial charge in [-0.05, 0) is 12.5 Å². The summed E-state index contributed by atoms with van der Waals surface area (Å²) in [6, 6.07) is 9.63. The van der Waals surface area contributed by atoms with Crippen LogP contribution in [0, 0.1) is 0 Å². The topological polar surface area (TPSA) is 100 Å². The molecule has 0 aliphatic carbocycles. The number of hydrogen-bond donors (Lipinski definition) is 4. The Morgan fingerprint density at radius 3 is 2.81 bits per heavy atom. The maximum atomic E-state index is 10.5. The third-order valence-corrected chi connectivity index (χ3v) is 4.06. The zero-order valence-corrected chi connectivity index (χ0v) is 12.2. The van der Waals surface area contributed by atoms with Crippen LogP contribution in [0.5, 0.6) is 0 Å². The van der Waals surface area contributed by atoms with Gasteiger partial charge in [0.25, 0.3) is 0 Å². The van der Waals surface area contributed by atoms with E-state index in [4.69, 9.17) is 15.7 Å². The van der Waals surface area contributed by atoms with Crippen LogP contribution in [0.3, 0.4) is 0 Å². The summed E-state index contributed by atoms with van der Waals surface area (Å²) in [6.45, 7) is 2.83. The number of ether oxygens (including phenoxy) is 1. The summed E-state index contributed by atoms with van der Waals surface area (Å²) in [5.74, 6) is 0.152. The van der Waals surface area contributed by atoms with Crippen molar-refractivity contribution >= 4 is 5.84 Å². The molecule has 1 fully saturated rings. The molecule has 2 rings (SSSR count). The first-order chi connectivity index (χ1) is 10.0. The second-order valence-electron chi connectivity index (χ2n) is 5.51. The molecule has 0 spiro atoms. The van der Waals surface area contributed by atoms with E-state index in [1.165, 1.54) is 0 Å². The summed E-state index contributed by atoms with van der Waals surface area (Å²) in [6.07, 6.45) is 0.767. The number of nitrogens with zero attached hydrogens (tertiary/aromatic N) is 1. The van der Waals surface area contributed by atoms with E-state index in [0.717, 1.165) is 5.56 Å². The van der Waals surface area contributed by atoms with Crippen LogP contribution in [0.25, 0.3) is 0 Å². The number of benzene rings is 1. The van der Waals surface area contributed by atoms with Gasteiger partial charge in [0.2, 0.25) is 0 Å². The molecule has 1 heterocycles. The van der Waals surface area contributed by atoms with Crippen molar-refractivity contribution in [3.05, 3.63) is 35.9 Å². The number of oxime groups is 1. The average molecular weight is 293 g/mol. The van der Waals surface area contributed by atoms with Crippen molar-refractivity contribution in [2.45, 2.75) is 37.5 Å². The van der Waals surface area contributed by atoms with Crippen LogP contribution in [0.2, 0.25) is 0 Å². The zero-order chi connectivity index (χ0) is 15.3. The smallest absolute Gasteiger partial charge is 0.141 e. The SMILES string of the molecule is CC1OCCC1(O)CNC(C/C(N)=N/O)c1ccccc1. The molecule has 1 aromatic carbocycles. The van der Waals surface area contributed by atoms with Crippen LogP contribution < -0.4 is 11.1 Å². The van der Waals surface area contributed by atoms with Crippen LogP contribution in [0.1, 0.15) is 31.4 Å². The Morgan fingerprint density at radius 2 is 2.24 bits per heavy atom. The fraction of sp³-hybridized carbons (Fsp3) is 0.533. The molecule has 1 aromatic rings. The summed E-state index contributed by atoms with van der Waals surface area (Å²) >= 11 is 0. The van der Waals surface area contributed by atoms with Crippen LogP contribution >= 0.6 is 0 Å². The van der Waals surface area contributed by atoms with Gasteiger partial charge >= 0.3 is 0 Å². The van der Waals surface area contributed by atoms with Crippen LogP contribution in [0.4, 0.5) is 0 Å². The number of nitrogens with one attached hydrogen (secondary N) is 1. The van der Waals surface area contributed by atoms with Crippen molar-refractivity contribution in [2.75, 3.05) is 13.2 Å². The summed E-state index contributed by atoms with van der Waals surface area (Å²) in [5.41, 5.74) is 5.78. The van der Waals surface area contributed by atoms with Crippen molar-refractivity contribution in [2.24, 2.45) is 10.9 Å². The molecule has 1 aliphatic rings. The van der Waals surface area contributed by atoms with Crippen molar-refractivity contribution in [3.63, 3.8) is 0 Å². The maximum Gasteiger partial charge on any atom is 0.141 e. The third kappa shape index (κ3) is 3.93. The van der Waals surface area contributed by atoms with Gasteiger partial charge in [0.15, 0.2) is 0 Å². The lowest BCUT2D eigenvalue weighted by atomic mass is 9.95. The minimum Gasteiger partial charge on any atom is -0.409 e. The predicted octanol–water partition coefficient (Wildman–Crippen LogP) is 0.994. The first-order valence-electron chi connectivity index (χ1n) is 7.14. The van der Waals surface area contributed by atoms with Crippen molar-refractivity contribution in [1.82, 2.24) is 5.32 Å². The number of aliphatic hydroxyl groups is 1. The fourth-order valence-electron chi connectivity index (χ4n) is 2.55. The van der Waals surface area contributed by atoms with E-state index < -0.39 is 5.60 Å². The highest BCUT2D eigenvalue weighted by atomic mass is 16.5. The summed E-state index contributed by atoms with van der Waals surface area (Å²) in [4.78, 5) is 0. The Balaban J connectivity index is 2.06. The Bertz CT molecular complexity index is 480. The van der Waals surface area contributed by atoms with E-state index >= 15 is 0 Å². The lowest BCUT2D eigenvalue weighted by molar-refractivity contribution is -0.0276. The van der Waals surface area contributed by atoms with E-state index in [9.17, 15) is 5.11 Å². The molecule has 0 amide bonds. The molecule has 1 aliphatic heterocycles. The Labute approximate surface area is 124 Å². The lowest BCUT2D eigenvalue weighted by Gasteiger charge is -2.29. The van der Waals surface area contributed by atoms with Gasteiger partial charge in [-0.3, -0.25) is 0 Å². The quantitative estimate of drug-likeness (QED) is 0.271. The van der Waals surface area contributed by atoms with Crippen LogP contribution in [-0.2, 0) is 4.74 Å². The minimum absolute atomic E-state index is 0.126. The van der Waals surface area contributed by atoms with Gasteiger partial charge in [0.05, 0.1) is 6.10 Å². The van der Waals surface area contributed by atoms with Gasteiger partial charge in [-0.1, -0.05) is 35.5 Å². The second-order valence-corrected chi connectivity index (χ2v) is 5.51. The molecular formula is C15H23N3O3. The Hall–Kier alpha value is -1.63. The molecule has 3 atom stereocenters. The number of rotatable bonds is 6. The van der Waals surface area contributed by atoms with E-state index in [1.807, 2.05) is 37.3 Å². The highest BCUT2D eigenvalue weighted by molar-refractivity contribution is 5.80. The van der Waals surface area contributed by atoms with Gasteiger partial charge in [-0.2, -0.15) is 0 Å². The third-order valence-electron chi connectivity index (χ3n) is 4.06. The molecule has 0 aromatic heterocycles. The molecule has 1 saturated heterocycles. The number of amidine groups is 1. The summed E-state index contributed by atoms with van der Waals surface area (Å²) in [5, 5.41) is 25.7. The number of hydrogen-bond acceptors (Lipinski definition) is 5. The molecule has 6 heteroatoms. The van der Waals surface area contributed by atoms with Crippen molar-refractivity contribution in [1.29, 1.82) is 0 Å². The van der Waals surface area contributed by atoms with Crippen molar-refractivity contribution < 1.29 is 15.1 Å². The maximum absolute atomic E-state index is 10.5. The second kappa shape index (κ2) is 6.89. The monoisotopic (exact) mass is 293 g/mol. The minimum atomic E-state index is -0.877. The largest absolute Gasteiger partial charge is 0.409 e. The Kier molecular flexibility index (Phi) is 5.17. The fourth-order valence-corrected chi connectivity index (χ4v) is 2.55. The molecule has 0 bridgehead atoms. The van der Waals surface area contributed by atoms with E-state index in [2.05, 4.69) is 10.5 Å². The van der Waals surface area contributed by atoms with E-state index in [0.29, 0.717) is 26.0 Å². The van der Waals surface area contributed by atoms with Crippen LogP contribution in [-0.4, -0.2) is 41.0 Å². The molecule has 0 saturated carbocycles. The van der Waals surface area contributed by atoms with Gasteiger partial charge in [-0.25, -0.2) is 0 Å². The first kappa shape index (κ1) is 15.8. The first-order valence-corrected chi connectivity index (χ1v) is 7.14. The Morgan fingerprint density at radius 1 is 1.52 bits per heavy atom. The lowest BCUT2D eigenvalue weighted by Crippen LogP contribution is -2.47. The van der Waals surface area contributed by atoms with Gasteiger partial charge in [-0.15, -0.1) is 0 Å². The molecule has 3 unspecified atom stereocenters.